The van der Waals surface area contributed by atoms with Crippen LogP contribution < -0.4 is 10.2 Å². The summed E-state index contributed by atoms with van der Waals surface area (Å²) in [6.07, 6.45) is 0.947. The molecule has 1 N–H and O–H groups in total. The Morgan fingerprint density at radius 3 is 2.25 bits per heavy atom. The fourth-order valence-electron chi connectivity index (χ4n) is 2.98. The summed E-state index contributed by atoms with van der Waals surface area (Å²) in [5.41, 5.74) is 2.23. The third-order valence-electron chi connectivity index (χ3n) is 4.48. The van der Waals surface area contributed by atoms with E-state index in [0.717, 1.165) is 56.5 Å². The van der Waals surface area contributed by atoms with E-state index in [1.165, 1.54) is 5.69 Å². The molecule has 1 aliphatic rings. The van der Waals surface area contributed by atoms with Crippen molar-refractivity contribution >= 4 is 34.6 Å². The van der Waals surface area contributed by atoms with Crippen molar-refractivity contribution in [2.24, 2.45) is 0 Å². The molecule has 1 aromatic rings. The van der Waals surface area contributed by atoms with Gasteiger partial charge in [0.25, 0.3) is 0 Å². The van der Waals surface area contributed by atoms with Crippen LogP contribution in [0.5, 0.6) is 0 Å². The van der Waals surface area contributed by atoms with Gasteiger partial charge in [-0.15, -0.1) is 0 Å². The van der Waals surface area contributed by atoms with Crippen molar-refractivity contribution in [2.75, 3.05) is 49.5 Å². The predicted octanol–water partition coefficient (Wildman–Crippen LogP) is 2.78. The van der Waals surface area contributed by atoms with Crippen LogP contribution in [0.15, 0.2) is 24.3 Å². The molecule has 0 aliphatic carbocycles. The monoisotopic (exact) mass is 348 g/mol. The fourth-order valence-corrected chi connectivity index (χ4v) is 3.28. The van der Waals surface area contributed by atoms with E-state index in [0.29, 0.717) is 0 Å². The van der Waals surface area contributed by atoms with Gasteiger partial charge in [0.1, 0.15) is 0 Å². The van der Waals surface area contributed by atoms with Crippen LogP contribution in [0, 0.1) is 0 Å². The maximum absolute atomic E-state index is 11.5. The maximum atomic E-state index is 11.5. The third kappa shape index (κ3) is 4.84. The molecule has 0 atom stereocenters. The number of carbonyl (C=O) groups is 1. The number of nitrogens with one attached hydrogen (secondary N) is 1. The topological polar surface area (TPSA) is 38.8 Å². The van der Waals surface area contributed by atoms with Crippen molar-refractivity contribution in [3.63, 3.8) is 0 Å². The second-order valence-corrected chi connectivity index (χ2v) is 6.38. The minimum absolute atomic E-state index is 0.141. The minimum Gasteiger partial charge on any atom is -0.372 e. The lowest BCUT2D eigenvalue weighted by atomic mass is 10.2. The highest BCUT2D eigenvalue weighted by Crippen LogP contribution is 2.18. The van der Waals surface area contributed by atoms with Gasteiger partial charge in [-0.2, -0.15) is 0 Å². The van der Waals surface area contributed by atoms with E-state index in [1.807, 2.05) is 4.90 Å². The Morgan fingerprint density at radius 2 is 1.67 bits per heavy atom. The van der Waals surface area contributed by atoms with Crippen LogP contribution in [0.25, 0.3) is 0 Å². The summed E-state index contributed by atoms with van der Waals surface area (Å²) in [4.78, 5) is 17.9. The highest BCUT2D eigenvalue weighted by Gasteiger charge is 2.18. The number of rotatable bonds is 4. The first-order valence-corrected chi connectivity index (χ1v) is 9.12. The molecule has 0 unspecified atom stereocenters. The number of thiocarbonyl (C=S) groups is 1. The molecule has 1 fully saturated rings. The van der Waals surface area contributed by atoms with Crippen molar-refractivity contribution in [2.45, 2.75) is 27.2 Å². The van der Waals surface area contributed by atoms with Crippen LogP contribution in [0.2, 0.25) is 0 Å². The molecule has 24 heavy (non-hydrogen) atoms. The molecule has 0 saturated carbocycles. The quantitative estimate of drug-likeness (QED) is 0.847. The summed E-state index contributed by atoms with van der Waals surface area (Å²) in [6, 6.07) is 8.38. The molecular weight excluding hydrogens is 320 g/mol. The minimum atomic E-state index is 0.141. The molecule has 0 aromatic heterocycles. The molecule has 1 saturated heterocycles. The second kappa shape index (κ2) is 8.87. The van der Waals surface area contributed by atoms with Gasteiger partial charge >= 0.3 is 0 Å². The Morgan fingerprint density at radius 1 is 1.08 bits per heavy atom. The average molecular weight is 349 g/mol. The van der Waals surface area contributed by atoms with Gasteiger partial charge < -0.3 is 20.0 Å². The molecule has 1 aliphatic heterocycles. The molecule has 1 amide bonds. The lowest BCUT2D eigenvalue weighted by Crippen LogP contribution is -2.38. The molecule has 5 nitrogen and oxygen atoms in total. The van der Waals surface area contributed by atoms with Crippen molar-refractivity contribution in [3.05, 3.63) is 24.3 Å². The second-order valence-electron chi connectivity index (χ2n) is 6.00. The Balaban J connectivity index is 1.93. The number of hydrogen-bond donors (Lipinski definition) is 1. The van der Waals surface area contributed by atoms with Gasteiger partial charge in [0.2, 0.25) is 5.91 Å². The van der Waals surface area contributed by atoms with E-state index in [4.69, 9.17) is 12.2 Å². The van der Waals surface area contributed by atoms with Crippen LogP contribution in [0.1, 0.15) is 27.2 Å². The Bertz CT molecular complexity index is 557. The third-order valence-corrected chi connectivity index (χ3v) is 4.84. The molecule has 132 valence electrons. The summed E-state index contributed by atoms with van der Waals surface area (Å²) >= 11 is 5.55. The lowest BCUT2D eigenvalue weighted by molar-refractivity contribution is -0.128. The zero-order valence-corrected chi connectivity index (χ0v) is 15.7. The van der Waals surface area contributed by atoms with Crippen molar-refractivity contribution in [3.8, 4) is 0 Å². The van der Waals surface area contributed by atoms with E-state index >= 15 is 0 Å². The van der Waals surface area contributed by atoms with Gasteiger partial charge in [0, 0.05) is 57.6 Å². The van der Waals surface area contributed by atoms with Crippen LogP contribution in [-0.4, -0.2) is 60.1 Å². The van der Waals surface area contributed by atoms with Crippen molar-refractivity contribution in [1.82, 2.24) is 9.80 Å². The molecule has 6 heteroatoms. The Kier molecular flexibility index (Phi) is 6.85. The molecule has 2 rings (SSSR count). The highest BCUT2D eigenvalue weighted by molar-refractivity contribution is 7.80. The average Bonchev–Trinajstić information content (AvgIpc) is 2.84. The SMILES string of the molecule is CCN(CC)c1ccc(NC(=S)N2CCCN(C(C)=O)CC2)cc1. The predicted molar refractivity (Wildman–Crippen MR) is 105 cm³/mol. The highest BCUT2D eigenvalue weighted by atomic mass is 32.1. The summed E-state index contributed by atoms with van der Waals surface area (Å²) in [6.45, 7) is 11.2. The number of carbonyl (C=O) groups excluding carboxylic acids is 1. The first-order valence-electron chi connectivity index (χ1n) is 8.71. The van der Waals surface area contributed by atoms with E-state index in [1.54, 1.807) is 6.92 Å². The van der Waals surface area contributed by atoms with Gasteiger partial charge in [-0.3, -0.25) is 4.79 Å². The van der Waals surface area contributed by atoms with Crippen LogP contribution in [0.3, 0.4) is 0 Å². The van der Waals surface area contributed by atoms with Crippen molar-refractivity contribution in [1.29, 1.82) is 0 Å². The number of anilines is 2. The fraction of sp³-hybridized carbons (Fsp3) is 0.556. The molecule has 0 radical (unpaired) electrons. The summed E-state index contributed by atoms with van der Waals surface area (Å²) < 4.78 is 0. The zero-order valence-electron chi connectivity index (χ0n) is 14.9. The summed E-state index contributed by atoms with van der Waals surface area (Å²) in [7, 11) is 0. The van der Waals surface area contributed by atoms with Gasteiger partial charge in [-0.1, -0.05) is 0 Å². The molecular formula is C18H28N4OS. The van der Waals surface area contributed by atoms with Gasteiger partial charge in [0.05, 0.1) is 0 Å². The molecule has 0 bridgehead atoms. The maximum Gasteiger partial charge on any atom is 0.219 e. The summed E-state index contributed by atoms with van der Waals surface area (Å²) in [5, 5.41) is 4.05. The molecule has 1 aromatic carbocycles. The van der Waals surface area contributed by atoms with E-state index in [-0.39, 0.29) is 5.91 Å². The van der Waals surface area contributed by atoms with Gasteiger partial charge in [-0.25, -0.2) is 0 Å². The summed E-state index contributed by atoms with van der Waals surface area (Å²) in [5.74, 6) is 0.141. The smallest absolute Gasteiger partial charge is 0.219 e. The standard InChI is InChI=1S/C18H28N4OS/c1-4-20(5-2)17-9-7-16(8-10-17)19-18(24)22-12-6-11-21(13-14-22)15(3)23/h7-10H,4-6,11-14H2,1-3H3,(H,19,24). The Hall–Kier alpha value is -1.82. The van der Waals surface area contributed by atoms with E-state index < -0.39 is 0 Å². The lowest BCUT2D eigenvalue weighted by Gasteiger charge is -2.25. The normalized spacial score (nSPS) is 15.0. The largest absolute Gasteiger partial charge is 0.372 e. The Labute approximate surface area is 150 Å². The van der Waals surface area contributed by atoms with Gasteiger partial charge in [0.15, 0.2) is 5.11 Å². The van der Waals surface area contributed by atoms with Crippen LogP contribution in [-0.2, 0) is 4.79 Å². The van der Waals surface area contributed by atoms with Crippen LogP contribution >= 0.6 is 12.2 Å². The first kappa shape index (κ1) is 18.5. The van der Waals surface area contributed by atoms with Crippen molar-refractivity contribution < 1.29 is 4.79 Å². The zero-order chi connectivity index (χ0) is 17.5. The number of benzene rings is 1. The first-order chi connectivity index (χ1) is 11.5. The van der Waals surface area contributed by atoms with Crippen LogP contribution in [0.4, 0.5) is 11.4 Å². The van der Waals surface area contributed by atoms with E-state index in [9.17, 15) is 4.79 Å². The number of amides is 1. The van der Waals surface area contributed by atoms with Gasteiger partial charge in [-0.05, 0) is 56.8 Å². The number of nitrogens with zero attached hydrogens (tertiary/aromatic N) is 3. The molecule has 0 spiro atoms. The molecule has 1 heterocycles. The number of hydrogen-bond acceptors (Lipinski definition) is 3. The van der Waals surface area contributed by atoms with E-state index in [2.05, 4.69) is 53.2 Å².